The van der Waals surface area contributed by atoms with Crippen LogP contribution in [0.2, 0.25) is 0 Å². The fraction of sp³-hybridized carbons (Fsp3) is 0.125. The summed E-state index contributed by atoms with van der Waals surface area (Å²) in [5.41, 5.74) is 0.757. The molecule has 0 bridgehead atoms. The molecular formula is C16H16O6S2. The molecule has 2 aromatic carbocycles. The Kier molecular flexibility index (Phi) is 5.55. The summed E-state index contributed by atoms with van der Waals surface area (Å²) in [5, 5.41) is 0. The van der Waals surface area contributed by atoms with Gasteiger partial charge in [-0.15, -0.1) is 0 Å². The SMILES string of the molecule is COS(=O)(=O)c1ccccc1/C=C/c1ccccc1S(=O)(=O)OC. The summed E-state index contributed by atoms with van der Waals surface area (Å²) < 4.78 is 56.8. The van der Waals surface area contributed by atoms with Crippen LogP contribution in [0, 0.1) is 0 Å². The zero-order valence-corrected chi connectivity index (χ0v) is 14.7. The number of hydrogen-bond donors (Lipinski definition) is 0. The quantitative estimate of drug-likeness (QED) is 0.575. The third kappa shape index (κ3) is 3.90. The van der Waals surface area contributed by atoms with E-state index in [4.69, 9.17) is 0 Å². The fourth-order valence-electron chi connectivity index (χ4n) is 2.05. The van der Waals surface area contributed by atoms with Crippen molar-refractivity contribution < 1.29 is 25.2 Å². The van der Waals surface area contributed by atoms with E-state index in [9.17, 15) is 16.8 Å². The molecule has 0 saturated carbocycles. The molecule has 24 heavy (non-hydrogen) atoms. The van der Waals surface area contributed by atoms with E-state index in [0.29, 0.717) is 11.1 Å². The molecule has 0 radical (unpaired) electrons. The van der Waals surface area contributed by atoms with Crippen LogP contribution in [0.25, 0.3) is 12.2 Å². The minimum absolute atomic E-state index is 0.00386. The molecule has 2 aromatic rings. The van der Waals surface area contributed by atoms with Gasteiger partial charge in [0.25, 0.3) is 20.2 Å². The molecule has 2 rings (SSSR count). The van der Waals surface area contributed by atoms with Crippen molar-refractivity contribution in [2.75, 3.05) is 14.2 Å². The molecule has 0 amide bonds. The molecule has 0 heterocycles. The van der Waals surface area contributed by atoms with E-state index >= 15 is 0 Å². The van der Waals surface area contributed by atoms with Gasteiger partial charge in [-0.25, -0.2) is 0 Å². The summed E-state index contributed by atoms with van der Waals surface area (Å²) >= 11 is 0. The number of rotatable bonds is 6. The Morgan fingerprint density at radius 3 is 1.33 bits per heavy atom. The Labute approximate surface area is 141 Å². The van der Waals surface area contributed by atoms with E-state index in [2.05, 4.69) is 8.37 Å². The molecular weight excluding hydrogens is 352 g/mol. The van der Waals surface area contributed by atoms with Gasteiger partial charge < -0.3 is 0 Å². The van der Waals surface area contributed by atoms with Crippen LogP contribution in [0.3, 0.4) is 0 Å². The van der Waals surface area contributed by atoms with Crippen molar-refractivity contribution in [1.82, 2.24) is 0 Å². The van der Waals surface area contributed by atoms with Crippen molar-refractivity contribution in [3.05, 3.63) is 59.7 Å². The van der Waals surface area contributed by atoms with Crippen molar-refractivity contribution in [3.8, 4) is 0 Å². The first-order valence-electron chi connectivity index (χ1n) is 6.79. The Bertz CT molecular complexity index is 880. The van der Waals surface area contributed by atoms with Gasteiger partial charge >= 0.3 is 0 Å². The summed E-state index contributed by atoms with van der Waals surface area (Å²) in [6.07, 6.45) is 3.02. The van der Waals surface area contributed by atoms with E-state index in [1.54, 1.807) is 36.4 Å². The predicted molar refractivity (Wildman–Crippen MR) is 90.2 cm³/mol. The van der Waals surface area contributed by atoms with Crippen LogP contribution in [0.4, 0.5) is 0 Å². The number of benzene rings is 2. The maximum Gasteiger partial charge on any atom is 0.297 e. The van der Waals surface area contributed by atoms with Crippen molar-refractivity contribution in [3.63, 3.8) is 0 Å². The Morgan fingerprint density at radius 1 is 0.667 bits per heavy atom. The largest absolute Gasteiger partial charge is 0.297 e. The van der Waals surface area contributed by atoms with Crippen LogP contribution < -0.4 is 0 Å². The molecule has 0 N–H and O–H groups in total. The predicted octanol–water partition coefficient (Wildman–Crippen LogP) is 2.53. The highest BCUT2D eigenvalue weighted by Gasteiger charge is 2.18. The summed E-state index contributed by atoms with van der Waals surface area (Å²) in [4.78, 5) is -0.00772. The topological polar surface area (TPSA) is 86.7 Å². The van der Waals surface area contributed by atoms with Crippen molar-refractivity contribution >= 4 is 32.4 Å². The van der Waals surface area contributed by atoms with Gasteiger partial charge in [0.1, 0.15) is 9.79 Å². The maximum atomic E-state index is 11.9. The molecule has 0 saturated heterocycles. The van der Waals surface area contributed by atoms with Crippen molar-refractivity contribution in [2.45, 2.75) is 9.79 Å². The van der Waals surface area contributed by atoms with Crippen molar-refractivity contribution in [2.24, 2.45) is 0 Å². The molecule has 0 spiro atoms. The minimum Gasteiger partial charge on any atom is -0.270 e. The third-order valence-electron chi connectivity index (χ3n) is 3.26. The average Bonchev–Trinajstić information content (AvgIpc) is 2.60. The molecule has 6 nitrogen and oxygen atoms in total. The smallest absolute Gasteiger partial charge is 0.270 e. The highest BCUT2D eigenvalue weighted by atomic mass is 32.2. The van der Waals surface area contributed by atoms with E-state index in [1.807, 2.05) is 0 Å². The summed E-state index contributed by atoms with van der Waals surface area (Å²) in [5.74, 6) is 0. The number of hydrogen-bond acceptors (Lipinski definition) is 6. The maximum absolute atomic E-state index is 11.9. The standard InChI is InChI=1S/C16H16O6S2/c1-21-23(17,18)15-9-5-3-7-13(15)11-12-14-8-4-6-10-16(14)24(19,20)22-2/h3-12H,1-2H3/b12-11+. The molecule has 128 valence electrons. The average molecular weight is 368 g/mol. The van der Waals surface area contributed by atoms with Crippen LogP contribution in [0.1, 0.15) is 11.1 Å². The second kappa shape index (κ2) is 7.27. The second-order valence-electron chi connectivity index (χ2n) is 4.65. The monoisotopic (exact) mass is 368 g/mol. The lowest BCUT2D eigenvalue weighted by Gasteiger charge is -2.07. The molecule has 0 aromatic heterocycles. The van der Waals surface area contributed by atoms with Crippen LogP contribution in [0.5, 0.6) is 0 Å². The third-order valence-corrected chi connectivity index (χ3v) is 5.96. The zero-order valence-electron chi connectivity index (χ0n) is 13.0. The molecule has 0 aliphatic rings. The fourth-order valence-corrected chi connectivity index (χ4v) is 3.75. The van der Waals surface area contributed by atoms with E-state index in [0.717, 1.165) is 14.2 Å². The zero-order chi connectivity index (χ0) is 17.8. The minimum atomic E-state index is -3.87. The lowest BCUT2D eigenvalue weighted by atomic mass is 10.1. The summed E-state index contributed by atoms with van der Waals surface area (Å²) in [7, 11) is -5.58. The van der Waals surface area contributed by atoms with Crippen LogP contribution >= 0.6 is 0 Å². The molecule has 0 unspecified atom stereocenters. The van der Waals surface area contributed by atoms with Gasteiger partial charge in [-0.2, -0.15) is 16.8 Å². The molecule has 0 aliphatic carbocycles. The Morgan fingerprint density at radius 2 is 1.00 bits per heavy atom. The van der Waals surface area contributed by atoms with E-state index < -0.39 is 20.2 Å². The first-order chi connectivity index (χ1) is 11.3. The second-order valence-corrected chi connectivity index (χ2v) is 8.01. The molecule has 8 heteroatoms. The lowest BCUT2D eigenvalue weighted by Crippen LogP contribution is -2.05. The highest BCUT2D eigenvalue weighted by molar-refractivity contribution is 7.87. The van der Waals surface area contributed by atoms with Gasteiger partial charge in [0.05, 0.1) is 14.2 Å². The van der Waals surface area contributed by atoms with Crippen LogP contribution in [-0.2, 0) is 28.6 Å². The van der Waals surface area contributed by atoms with E-state index in [-0.39, 0.29) is 9.79 Å². The van der Waals surface area contributed by atoms with Gasteiger partial charge in [0, 0.05) is 0 Å². The first kappa shape index (κ1) is 18.3. The molecule has 0 fully saturated rings. The molecule has 0 atom stereocenters. The van der Waals surface area contributed by atoms with Gasteiger partial charge in [-0.1, -0.05) is 48.6 Å². The van der Waals surface area contributed by atoms with Crippen LogP contribution in [-0.4, -0.2) is 31.1 Å². The van der Waals surface area contributed by atoms with Gasteiger partial charge in [0.2, 0.25) is 0 Å². The first-order valence-corrected chi connectivity index (χ1v) is 9.61. The van der Waals surface area contributed by atoms with Gasteiger partial charge in [-0.05, 0) is 23.3 Å². The van der Waals surface area contributed by atoms with Gasteiger partial charge in [0.15, 0.2) is 0 Å². The normalized spacial score (nSPS) is 12.6. The van der Waals surface area contributed by atoms with E-state index in [1.165, 1.54) is 24.3 Å². The summed E-state index contributed by atoms with van der Waals surface area (Å²) in [6.45, 7) is 0. The van der Waals surface area contributed by atoms with Crippen molar-refractivity contribution in [1.29, 1.82) is 0 Å². The lowest BCUT2D eigenvalue weighted by molar-refractivity contribution is 0.396. The Balaban J connectivity index is 2.52. The molecule has 0 aliphatic heterocycles. The van der Waals surface area contributed by atoms with Crippen LogP contribution in [0.15, 0.2) is 58.3 Å². The Hall–Kier alpha value is -2.00. The summed E-state index contributed by atoms with van der Waals surface area (Å²) in [6, 6.07) is 12.5. The van der Waals surface area contributed by atoms with Gasteiger partial charge in [-0.3, -0.25) is 8.37 Å². The highest BCUT2D eigenvalue weighted by Crippen LogP contribution is 2.23.